The fourth-order valence-electron chi connectivity index (χ4n) is 0.262. The Morgan fingerprint density at radius 3 is 2.67 bits per heavy atom. The summed E-state index contributed by atoms with van der Waals surface area (Å²) in [7, 11) is 0. The van der Waals surface area contributed by atoms with Crippen LogP contribution < -0.4 is 0 Å². The molecule has 9 heavy (non-hydrogen) atoms. The first kappa shape index (κ1) is 8.43. The number of alkyl halides is 1. The van der Waals surface area contributed by atoms with Crippen LogP contribution in [0.4, 0.5) is 9.18 Å². The van der Waals surface area contributed by atoms with Gasteiger partial charge in [-0.05, 0) is 0 Å². The lowest BCUT2D eigenvalue weighted by Crippen LogP contribution is -2.12. The quantitative estimate of drug-likeness (QED) is 0.351. The van der Waals surface area contributed by atoms with Crippen LogP contribution in [0.5, 0.6) is 0 Å². The maximum atomic E-state index is 11.4. The Kier molecular flexibility index (Phi) is 4.05. The normalized spacial score (nSPS) is 12.2. The Morgan fingerprint density at radius 2 is 2.56 bits per heavy atom. The second kappa shape index (κ2) is 4.32. The van der Waals surface area contributed by atoms with Crippen LogP contribution >= 0.6 is 11.6 Å². The van der Waals surface area contributed by atoms with Crippen molar-refractivity contribution in [1.29, 1.82) is 0 Å². The standard InChI is InChI=1S/C5H6ClFO2/c1-2-4(3-6)9-5(7)8/h2,4H,1,3H2. The van der Waals surface area contributed by atoms with Gasteiger partial charge in [-0.3, -0.25) is 0 Å². The Morgan fingerprint density at radius 1 is 2.00 bits per heavy atom. The molecule has 0 aromatic heterocycles. The minimum atomic E-state index is -1.83. The zero-order chi connectivity index (χ0) is 7.28. The van der Waals surface area contributed by atoms with E-state index in [1.165, 1.54) is 6.08 Å². The molecular weight excluding hydrogens is 147 g/mol. The number of carbonyl (C=O) groups is 1. The molecule has 0 fully saturated rings. The first-order valence-electron chi connectivity index (χ1n) is 2.25. The molecular formula is C5H6ClFO2. The fourth-order valence-corrected chi connectivity index (χ4v) is 0.451. The lowest BCUT2D eigenvalue weighted by Gasteiger charge is -2.04. The van der Waals surface area contributed by atoms with Crippen molar-refractivity contribution in [3.63, 3.8) is 0 Å². The number of ether oxygens (including phenoxy) is 1. The van der Waals surface area contributed by atoms with E-state index in [0.717, 1.165) is 0 Å². The van der Waals surface area contributed by atoms with E-state index in [-0.39, 0.29) is 5.88 Å². The summed E-state index contributed by atoms with van der Waals surface area (Å²) in [5.74, 6) is 0.0269. The molecule has 0 N–H and O–H groups in total. The number of carbonyl (C=O) groups excluding carboxylic acids is 1. The van der Waals surface area contributed by atoms with Gasteiger partial charge in [0.15, 0.2) is 0 Å². The highest BCUT2D eigenvalue weighted by Gasteiger charge is 2.06. The lowest BCUT2D eigenvalue weighted by atomic mass is 10.4. The third-order valence-electron chi connectivity index (χ3n) is 0.659. The predicted molar refractivity (Wildman–Crippen MR) is 32.3 cm³/mol. The van der Waals surface area contributed by atoms with Crippen LogP contribution in [-0.2, 0) is 4.74 Å². The van der Waals surface area contributed by atoms with Gasteiger partial charge in [-0.15, -0.1) is 16.0 Å². The highest BCUT2D eigenvalue weighted by molar-refractivity contribution is 6.18. The van der Waals surface area contributed by atoms with Crippen molar-refractivity contribution in [2.45, 2.75) is 6.10 Å². The Labute approximate surface area is 57.3 Å². The SMILES string of the molecule is C=CC(CCl)OC(=O)F. The van der Waals surface area contributed by atoms with Crippen LogP contribution in [-0.4, -0.2) is 18.2 Å². The minimum Gasteiger partial charge on any atom is -0.432 e. The first-order chi connectivity index (χ1) is 4.20. The number of halogens is 2. The average molecular weight is 153 g/mol. The molecule has 0 spiro atoms. The van der Waals surface area contributed by atoms with Crippen molar-refractivity contribution in [1.82, 2.24) is 0 Å². The molecule has 0 amide bonds. The van der Waals surface area contributed by atoms with Gasteiger partial charge in [-0.2, -0.15) is 0 Å². The Bertz CT molecular complexity index is 116. The van der Waals surface area contributed by atoms with Gasteiger partial charge in [0.2, 0.25) is 0 Å². The van der Waals surface area contributed by atoms with Gasteiger partial charge < -0.3 is 4.74 Å². The predicted octanol–water partition coefficient (Wildman–Crippen LogP) is 1.89. The maximum Gasteiger partial charge on any atom is 0.496 e. The third kappa shape index (κ3) is 3.97. The monoisotopic (exact) mass is 152 g/mol. The van der Waals surface area contributed by atoms with Gasteiger partial charge in [0.05, 0.1) is 5.88 Å². The molecule has 0 aromatic rings. The summed E-state index contributed by atoms with van der Waals surface area (Å²) in [6.07, 6.45) is -1.30. The number of hydrogen-bond acceptors (Lipinski definition) is 2. The van der Waals surface area contributed by atoms with Crippen LogP contribution in [0.25, 0.3) is 0 Å². The van der Waals surface area contributed by atoms with E-state index in [1.54, 1.807) is 0 Å². The second-order valence-corrected chi connectivity index (χ2v) is 1.59. The molecule has 0 radical (unpaired) electrons. The Balaban J connectivity index is 3.55. The molecule has 0 bridgehead atoms. The summed E-state index contributed by atoms with van der Waals surface area (Å²) in [6, 6.07) is 0. The zero-order valence-corrected chi connectivity index (χ0v) is 5.40. The van der Waals surface area contributed by atoms with E-state index in [1.807, 2.05) is 0 Å². The number of rotatable bonds is 3. The molecule has 52 valence electrons. The minimum absolute atomic E-state index is 0.0269. The van der Waals surface area contributed by atoms with Crippen molar-refractivity contribution in [3.8, 4) is 0 Å². The molecule has 1 atom stereocenters. The van der Waals surface area contributed by atoms with E-state index < -0.39 is 12.3 Å². The van der Waals surface area contributed by atoms with Crippen molar-refractivity contribution in [2.75, 3.05) is 5.88 Å². The topological polar surface area (TPSA) is 26.3 Å². The summed E-state index contributed by atoms with van der Waals surface area (Å²) in [5.41, 5.74) is 0. The second-order valence-electron chi connectivity index (χ2n) is 1.28. The van der Waals surface area contributed by atoms with E-state index in [0.29, 0.717) is 0 Å². The maximum absolute atomic E-state index is 11.4. The van der Waals surface area contributed by atoms with Gasteiger partial charge in [0.25, 0.3) is 0 Å². The molecule has 0 aliphatic heterocycles. The molecule has 0 heterocycles. The van der Waals surface area contributed by atoms with Gasteiger partial charge in [0.1, 0.15) is 6.10 Å². The van der Waals surface area contributed by atoms with Crippen molar-refractivity contribution in [3.05, 3.63) is 12.7 Å². The summed E-state index contributed by atoms with van der Waals surface area (Å²) in [4.78, 5) is 9.58. The van der Waals surface area contributed by atoms with E-state index >= 15 is 0 Å². The molecule has 2 nitrogen and oxygen atoms in total. The van der Waals surface area contributed by atoms with Crippen molar-refractivity contribution < 1.29 is 13.9 Å². The van der Waals surface area contributed by atoms with Crippen LogP contribution in [0.1, 0.15) is 0 Å². The molecule has 0 aliphatic carbocycles. The van der Waals surface area contributed by atoms with Gasteiger partial charge >= 0.3 is 6.22 Å². The summed E-state index contributed by atoms with van der Waals surface area (Å²) >= 11 is 5.20. The van der Waals surface area contributed by atoms with Crippen LogP contribution in [0, 0.1) is 0 Å². The molecule has 0 saturated heterocycles. The molecule has 4 heteroatoms. The smallest absolute Gasteiger partial charge is 0.432 e. The van der Waals surface area contributed by atoms with Gasteiger partial charge in [-0.25, -0.2) is 4.79 Å². The fraction of sp³-hybridized carbons (Fsp3) is 0.400. The van der Waals surface area contributed by atoms with Crippen molar-refractivity contribution >= 4 is 17.8 Å². The zero-order valence-electron chi connectivity index (χ0n) is 4.64. The van der Waals surface area contributed by atoms with Crippen LogP contribution in [0.3, 0.4) is 0 Å². The van der Waals surface area contributed by atoms with Crippen LogP contribution in [0.2, 0.25) is 0 Å². The average Bonchev–Trinajstić information content (AvgIpc) is 1.82. The summed E-state index contributed by atoms with van der Waals surface area (Å²) in [5, 5.41) is 0. The highest BCUT2D eigenvalue weighted by Crippen LogP contribution is 1.97. The molecule has 1 unspecified atom stereocenters. The largest absolute Gasteiger partial charge is 0.496 e. The summed E-state index contributed by atoms with van der Waals surface area (Å²) < 4.78 is 15.4. The summed E-state index contributed by atoms with van der Waals surface area (Å²) in [6.45, 7) is 3.26. The molecule has 0 saturated carbocycles. The van der Waals surface area contributed by atoms with Crippen molar-refractivity contribution in [2.24, 2.45) is 0 Å². The lowest BCUT2D eigenvalue weighted by molar-refractivity contribution is 0.104. The molecule has 0 aliphatic rings. The van der Waals surface area contributed by atoms with E-state index in [2.05, 4.69) is 11.3 Å². The number of hydrogen-bond donors (Lipinski definition) is 0. The van der Waals surface area contributed by atoms with Gasteiger partial charge in [-0.1, -0.05) is 12.7 Å². The first-order valence-corrected chi connectivity index (χ1v) is 2.78. The van der Waals surface area contributed by atoms with E-state index in [4.69, 9.17) is 11.6 Å². The highest BCUT2D eigenvalue weighted by atomic mass is 35.5. The molecule has 0 aromatic carbocycles. The van der Waals surface area contributed by atoms with Crippen LogP contribution in [0.15, 0.2) is 12.7 Å². The third-order valence-corrected chi connectivity index (χ3v) is 0.963. The van der Waals surface area contributed by atoms with E-state index in [9.17, 15) is 9.18 Å². The molecule has 0 rings (SSSR count). The Hall–Kier alpha value is -0.570. The van der Waals surface area contributed by atoms with Gasteiger partial charge in [0, 0.05) is 0 Å².